The van der Waals surface area contributed by atoms with Gasteiger partial charge in [0.05, 0.1) is 13.2 Å². The van der Waals surface area contributed by atoms with Crippen LogP contribution in [0.25, 0.3) is 0 Å². The van der Waals surface area contributed by atoms with E-state index < -0.39 is 0 Å². The summed E-state index contributed by atoms with van der Waals surface area (Å²) in [5, 5.41) is 12.1. The molecule has 1 aromatic carbocycles. The Kier molecular flexibility index (Phi) is 7.61. The van der Waals surface area contributed by atoms with Crippen LogP contribution in [0.4, 0.5) is 0 Å². The predicted molar refractivity (Wildman–Crippen MR) is 81.5 cm³/mol. The molecule has 0 aliphatic rings. The fourth-order valence-corrected chi connectivity index (χ4v) is 1.62. The molecule has 0 saturated carbocycles. The molecule has 0 saturated heterocycles. The third kappa shape index (κ3) is 6.49. The lowest BCUT2D eigenvalue weighted by Crippen LogP contribution is -2.31. The summed E-state index contributed by atoms with van der Waals surface area (Å²) in [6.07, 6.45) is 0.912. The van der Waals surface area contributed by atoms with Gasteiger partial charge >= 0.3 is 0 Å². The number of amides is 1. The first-order chi connectivity index (χ1) is 10.1. The molecule has 0 heterocycles. The van der Waals surface area contributed by atoms with Crippen molar-refractivity contribution >= 4 is 5.91 Å². The molecule has 5 heteroatoms. The van der Waals surface area contributed by atoms with Crippen LogP contribution in [0, 0.1) is 5.92 Å². The van der Waals surface area contributed by atoms with Gasteiger partial charge in [-0.3, -0.25) is 4.79 Å². The van der Waals surface area contributed by atoms with Gasteiger partial charge in [-0.25, -0.2) is 0 Å². The Morgan fingerprint density at radius 3 is 2.71 bits per heavy atom. The molecule has 118 valence electrons. The molecule has 2 N–H and O–H groups in total. The molecule has 0 fully saturated rings. The van der Waals surface area contributed by atoms with E-state index in [4.69, 9.17) is 9.47 Å². The molecule has 1 amide bonds. The number of carbonyl (C=O) groups excluding carboxylic acids is 1. The SMILES string of the molecule is CCCOc1ccc(CO)c(OCC(=O)NCC(C)C)c1. The Bertz CT molecular complexity index is 446. The monoisotopic (exact) mass is 295 g/mol. The molecule has 0 aliphatic heterocycles. The summed E-state index contributed by atoms with van der Waals surface area (Å²) in [5.74, 6) is 1.37. The van der Waals surface area contributed by atoms with Crippen LogP contribution < -0.4 is 14.8 Å². The van der Waals surface area contributed by atoms with Gasteiger partial charge in [-0.1, -0.05) is 20.8 Å². The second-order valence-electron chi connectivity index (χ2n) is 5.26. The molecule has 5 nitrogen and oxygen atoms in total. The first-order valence-corrected chi connectivity index (χ1v) is 7.32. The van der Waals surface area contributed by atoms with Gasteiger partial charge in [0.2, 0.25) is 0 Å². The third-order valence-corrected chi connectivity index (χ3v) is 2.75. The first kappa shape index (κ1) is 17.3. The van der Waals surface area contributed by atoms with Gasteiger partial charge in [0.15, 0.2) is 6.61 Å². The molecule has 0 spiro atoms. The van der Waals surface area contributed by atoms with Crippen molar-refractivity contribution in [1.29, 1.82) is 0 Å². The molecular weight excluding hydrogens is 270 g/mol. The third-order valence-electron chi connectivity index (χ3n) is 2.75. The second kappa shape index (κ2) is 9.23. The Morgan fingerprint density at radius 1 is 1.33 bits per heavy atom. The van der Waals surface area contributed by atoms with Crippen LogP contribution in [0.1, 0.15) is 32.8 Å². The molecule has 1 aromatic rings. The van der Waals surface area contributed by atoms with Crippen LogP contribution in [0.3, 0.4) is 0 Å². The molecule has 0 bridgehead atoms. The van der Waals surface area contributed by atoms with Gasteiger partial charge in [-0.05, 0) is 24.5 Å². The molecule has 0 aromatic heterocycles. The van der Waals surface area contributed by atoms with E-state index in [0.29, 0.717) is 36.1 Å². The van der Waals surface area contributed by atoms with E-state index in [1.807, 2.05) is 20.8 Å². The Morgan fingerprint density at radius 2 is 2.10 bits per heavy atom. The van der Waals surface area contributed by atoms with Crippen LogP contribution in [-0.4, -0.2) is 30.8 Å². The number of rotatable bonds is 9. The average molecular weight is 295 g/mol. The number of nitrogens with one attached hydrogen (secondary N) is 1. The van der Waals surface area contributed by atoms with Crippen LogP contribution in [0.5, 0.6) is 11.5 Å². The Hall–Kier alpha value is -1.75. The lowest BCUT2D eigenvalue weighted by molar-refractivity contribution is -0.123. The summed E-state index contributed by atoms with van der Waals surface area (Å²) in [6, 6.07) is 5.23. The minimum Gasteiger partial charge on any atom is -0.493 e. The maximum absolute atomic E-state index is 11.6. The van der Waals surface area contributed by atoms with E-state index in [2.05, 4.69) is 5.32 Å². The van der Waals surface area contributed by atoms with Crippen LogP contribution in [0.2, 0.25) is 0 Å². The molecule has 1 rings (SSSR count). The summed E-state index contributed by atoms with van der Waals surface area (Å²) in [5.41, 5.74) is 0.635. The van der Waals surface area contributed by atoms with E-state index in [0.717, 1.165) is 6.42 Å². The fourth-order valence-electron chi connectivity index (χ4n) is 1.62. The van der Waals surface area contributed by atoms with Crippen molar-refractivity contribution in [2.45, 2.75) is 33.8 Å². The zero-order valence-corrected chi connectivity index (χ0v) is 13.0. The number of ether oxygens (including phenoxy) is 2. The summed E-state index contributed by atoms with van der Waals surface area (Å²) in [7, 11) is 0. The summed E-state index contributed by atoms with van der Waals surface area (Å²) < 4.78 is 11.0. The fraction of sp³-hybridized carbons (Fsp3) is 0.562. The van der Waals surface area contributed by atoms with E-state index in [1.54, 1.807) is 18.2 Å². The highest BCUT2D eigenvalue weighted by molar-refractivity contribution is 5.77. The molecule has 0 radical (unpaired) electrons. The lowest BCUT2D eigenvalue weighted by atomic mass is 10.2. The van der Waals surface area contributed by atoms with Gasteiger partial charge in [-0.15, -0.1) is 0 Å². The summed E-state index contributed by atoms with van der Waals surface area (Å²) >= 11 is 0. The van der Waals surface area contributed by atoms with Gasteiger partial charge in [0, 0.05) is 18.2 Å². The number of hydrogen-bond acceptors (Lipinski definition) is 4. The number of hydrogen-bond donors (Lipinski definition) is 2. The van der Waals surface area contributed by atoms with E-state index in [1.165, 1.54) is 0 Å². The molecule has 0 atom stereocenters. The second-order valence-corrected chi connectivity index (χ2v) is 5.26. The van der Waals surface area contributed by atoms with Crippen LogP contribution >= 0.6 is 0 Å². The predicted octanol–water partition coefficient (Wildman–Crippen LogP) is 2.12. The van der Waals surface area contributed by atoms with Crippen molar-refractivity contribution in [1.82, 2.24) is 5.32 Å². The summed E-state index contributed by atoms with van der Waals surface area (Å²) in [4.78, 5) is 11.6. The van der Waals surface area contributed by atoms with Crippen molar-refractivity contribution in [3.05, 3.63) is 23.8 Å². The maximum Gasteiger partial charge on any atom is 0.257 e. The minimum absolute atomic E-state index is 0.0725. The molecule has 0 aliphatic carbocycles. The highest BCUT2D eigenvalue weighted by Crippen LogP contribution is 2.25. The van der Waals surface area contributed by atoms with Crippen molar-refractivity contribution in [2.24, 2.45) is 5.92 Å². The summed E-state index contributed by atoms with van der Waals surface area (Å²) in [6.45, 7) is 7.10. The minimum atomic E-state index is -0.174. The molecule has 21 heavy (non-hydrogen) atoms. The maximum atomic E-state index is 11.6. The highest BCUT2D eigenvalue weighted by atomic mass is 16.5. The number of benzene rings is 1. The average Bonchev–Trinajstić information content (AvgIpc) is 2.48. The zero-order chi connectivity index (χ0) is 15.7. The first-order valence-electron chi connectivity index (χ1n) is 7.32. The Balaban J connectivity index is 2.60. The van der Waals surface area contributed by atoms with Gasteiger partial charge < -0.3 is 19.9 Å². The smallest absolute Gasteiger partial charge is 0.257 e. The van der Waals surface area contributed by atoms with Crippen molar-refractivity contribution < 1.29 is 19.4 Å². The number of aliphatic hydroxyl groups excluding tert-OH is 1. The van der Waals surface area contributed by atoms with Crippen LogP contribution in [0.15, 0.2) is 18.2 Å². The highest BCUT2D eigenvalue weighted by Gasteiger charge is 2.09. The Labute approximate surface area is 126 Å². The number of aliphatic hydroxyl groups is 1. The van der Waals surface area contributed by atoms with E-state index >= 15 is 0 Å². The normalized spacial score (nSPS) is 10.5. The van der Waals surface area contributed by atoms with E-state index in [9.17, 15) is 9.90 Å². The molecular formula is C16H25NO4. The largest absolute Gasteiger partial charge is 0.493 e. The zero-order valence-electron chi connectivity index (χ0n) is 13.0. The number of carbonyl (C=O) groups is 1. The van der Waals surface area contributed by atoms with Crippen LogP contribution in [-0.2, 0) is 11.4 Å². The lowest BCUT2D eigenvalue weighted by Gasteiger charge is -2.13. The van der Waals surface area contributed by atoms with Gasteiger partial charge in [-0.2, -0.15) is 0 Å². The quantitative estimate of drug-likeness (QED) is 0.732. The van der Waals surface area contributed by atoms with Gasteiger partial charge in [0.25, 0.3) is 5.91 Å². The van der Waals surface area contributed by atoms with E-state index in [-0.39, 0.29) is 19.1 Å². The van der Waals surface area contributed by atoms with Crippen molar-refractivity contribution in [3.8, 4) is 11.5 Å². The standard InChI is InChI=1S/C16H25NO4/c1-4-7-20-14-6-5-13(10-18)15(8-14)21-11-16(19)17-9-12(2)3/h5-6,8,12,18H,4,7,9-11H2,1-3H3,(H,17,19). The topological polar surface area (TPSA) is 67.8 Å². The van der Waals surface area contributed by atoms with Crippen molar-refractivity contribution in [3.63, 3.8) is 0 Å². The molecule has 0 unspecified atom stereocenters. The van der Waals surface area contributed by atoms with Gasteiger partial charge in [0.1, 0.15) is 11.5 Å². The van der Waals surface area contributed by atoms with Crippen molar-refractivity contribution in [2.75, 3.05) is 19.8 Å².